The summed E-state index contributed by atoms with van der Waals surface area (Å²) in [5, 5.41) is 3.33. The highest BCUT2D eigenvalue weighted by Crippen LogP contribution is 2.07. The molecule has 0 aliphatic heterocycles. The molecule has 0 saturated carbocycles. The van der Waals surface area contributed by atoms with Crippen LogP contribution in [0, 0.1) is 5.92 Å². The van der Waals surface area contributed by atoms with Crippen molar-refractivity contribution in [3.05, 3.63) is 24.5 Å². The van der Waals surface area contributed by atoms with Gasteiger partial charge < -0.3 is 5.32 Å². The van der Waals surface area contributed by atoms with Gasteiger partial charge in [0.15, 0.2) is 0 Å². The van der Waals surface area contributed by atoms with E-state index in [0.717, 1.165) is 24.5 Å². The number of pyridine rings is 1. The van der Waals surface area contributed by atoms with Gasteiger partial charge in [0.1, 0.15) is 0 Å². The minimum atomic E-state index is 0.616. The highest BCUT2D eigenvalue weighted by molar-refractivity contribution is 6.17. The van der Waals surface area contributed by atoms with Crippen molar-refractivity contribution in [1.82, 2.24) is 4.98 Å². The molecule has 0 radical (unpaired) electrons. The molecule has 13 heavy (non-hydrogen) atoms. The summed E-state index contributed by atoms with van der Waals surface area (Å²) in [6.07, 6.45) is 4.63. The molecule has 0 saturated heterocycles. The van der Waals surface area contributed by atoms with Gasteiger partial charge in [-0.05, 0) is 24.5 Å². The summed E-state index contributed by atoms with van der Waals surface area (Å²) in [4.78, 5) is 3.95. The van der Waals surface area contributed by atoms with E-state index >= 15 is 0 Å². The van der Waals surface area contributed by atoms with Gasteiger partial charge in [-0.3, -0.25) is 4.98 Å². The Bertz CT molecular complexity index is 226. The van der Waals surface area contributed by atoms with E-state index in [2.05, 4.69) is 17.2 Å². The molecule has 1 unspecified atom stereocenters. The summed E-state index contributed by atoms with van der Waals surface area (Å²) in [7, 11) is 0. The van der Waals surface area contributed by atoms with Gasteiger partial charge >= 0.3 is 0 Å². The fraction of sp³-hybridized carbons (Fsp3) is 0.500. The minimum absolute atomic E-state index is 0.616. The van der Waals surface area contributed by atoms with Crippen LogP contribution in [0.4, 0.5) is 5.69 Å². The zero-order chi connectivity index (χ0) is 9.52. The summed E-state index contributed by atoms with van der Waals surface area (Å²) >= 11 is 5.64. The molecule has 1 rings (SSSR count). The SMILES string of the molecule is CC(CCCl)CNc1ccncc1. The molecule has 0 amide bonds. The molecule has 1 aromatic rings. The van der Waals surface area contributed by atoms with Crippen molar-refractivity contribution < 1.29 is 0 Å². The Morgan fingerprint density at radius 1 is 1.46 bits per heavy atom. The molecule has 0 aromatic carbocycles. The van der Waals surface area contributed by atoms with Gasteiger partial charge in [0.25, 0.3) is 0 Å². The van der Waals surface area contributed by atoms with Crippen LogP contribution in [-0.4, -0.2) is 17.4 Å². The van der Waals surface area contributed by atoms with Crippen LogP contribution in [0.25, 0.3) is 0 Å². The van der Waals surface area contributed by atoms with E-state index in [-0.39, 0.29) is 0 Å². The second-order valence-electron chi connectivity index (χ2n) is 3.20. The third-order valence-electron chi connectivity index (χ3n) is 1.94. The highest BCUT2D eigenvalue weighted by Gasteiger charge is 1.99. The van der Waals surface area contributed by atoms with Gasteiger partial charge in [-0.2, -0.15) is 0 Å². The predicted octanol–water partition coefficient (Wildman–Crippen LogP) is 2.76. The average molecular weight is 199 g/mol. The maximum atomic E-state index is 5.64. The summed E-state index contributed by atoms with van der Waals surface area (Å²) < 4.78 is 0. The normalized spacial score (nSPS) is 12.5. The Kier molecular flexibility index (Phi) is 4.61. The van der Waals surface area contributed by atoms with Crippen LogP contribution < -0.4 is 5.32 Å². The van der Waals surface area contributed by atoms with Gasteiger partial charge in [0.05, 0.1) is 0 Å². The number of hydrogen-bond donors (Lipinski definition) is 1. The van der Waals surface area contributed by atoms with E-state index in [0.29, 0.717) is 5.92 Å². The lowest BCUT2D eigenvalue weighted by Gasteiger charge is -2.11. The molecule has 1 N–H and O–H groups in total. The molecule has 3 heteroatoms. The molecule has 2 nitrogen and oxygen atoms in total. The largest absolute Gasteiger partial charge is 0.385 e. The molecule has 1 aromatic heterocycles. The van der Waals surface area contributed by atoms with Crippen molar-refractivity contribution in [2.24, 2.45) is 5.92 Å². The average Bonchev–Trinajstić information content (AvgIpc) is 2.17. The number of aromatic nitrogens is 1. The van der Waals surface area contributed by atoms with Crippen LogP contribution in [-0.2, 0) is 0 Å². The number of nitrogens with one attached hydrogen (secondary N) is 1. The van der Waals surface area contributed by atoms with Crippen molar-refractivity contribution in [2.75, 3.05) is 17.7 Å². The molecule has 1 atom stereocenters. The highest BCUT2D eigenvalue weighted by atomic mass is 35.5. The molecule has 0 bridgehead atoms. The number of alkyl halides is 1. The van der Waals surface area contributed by atoms with E-state index in [4.69, 9.17) is 11.6 Å². The molecule has 0 spiro atoms. The number of hydrogen-bond acceptors (Lipinski definition) is 2. The molecule has 0 fully saturated rings. The zero-order valence-electron chi connectivity index (χ0n) is 7.83. The smallest absolute Gasteiger partial charge is 0.0371 e. The lowest BCUT2D eigenvalue weighted by Crippen LogP contribution is -2.11. The van der Waals surface area contributed by atoms with Crippen molar-refractivity contribution in [1.29, 1.82) is 0 Å². The molecule has 1 heterocycles. The van der Waals surface area contributed by atoms with Crippen molar-refractivity contribution >= 4 is 17.3 Å². The maximum Gasteiger partial charge on any atom is 0.0371 e. The molecule has 0 aliphatic rings. The number of rotatable bonds is 5. The van der Waals surface area contributed by atoms with Crippen LogP contribution in [0.15, 0.2) is 24.5 Å². The van der Waals surface area contributed by atoms with E-state index in [1.807, 2.05) is 12.1 Å². The molecular formula is C10H15ClN2. The first-order valence-corrected chi connectivity index (χ1v) is 5.06. The third kappa shape index (κ3) is 4.13. The summed E-state index contributed by atoms with van der Waals surface area (Å²) in [6.45, 7) is 3.16. The fourth-order valence-electron chi connectivity index (χ4n) is 1.05. The first kappa shape index (κ1) is 10.3. The lowest BCUT2D eigenvalue weighted by atomic mass is 10.1. The van der Waals surface area contributed by atoms with E-state index in [1.54, 1.807) is 12.4 Å². The Labute approximate surface area is 84.3 Å². The van der Waals surface area contributed by atoms with Crippen LogP contribution in [0.2, 0.25) is 0 Å². The first-order valence-electron chi connectivity index (χ1n) is 4.53. The standard InChI is InChI=1S/C10H15ClN2/c1-9(2-5-11)8-13-10-3-6-12-7-4-10/h3-4,6-7,9H,2,5,8H2,1H3,(H,12,13). The van der Waals surface area contributed by atoms with Crippen LogP contribution in [0.5, 0.6) is 0 Å². The van der Waals surface area contributed by atoms with Crippen molar-refractivity contribution in [3.8, 4) is 0 Å². The monoisotopic (exact) mass is 198 g/mol. The Morgan fingerprint density at radius 3 is 2.77 bits per heavy atom. The first-order chi connectivity index (χ1) is 6.33. The lowest BCUT2D eigenvalue weighted by molar-refractivity contribution is 0.597. The minimum Gasteiger partial charge on any atom is -0.385 e. The number of anilines is 1. The zero-order valence-corrected chi connectivity index (χ0v) is 8.59. The Hall–Kier alpha value is -0.760. The fourth-order valence-corrected chi connectivity index (χ4v) is 1.42. The van der Waals surface area contributed by atoms with E-state index in [1.165, 1.54) is 0 Å². The summed E-state index contributed by atoms with van der Waals surface area (Å²) in [5.41, 5.74) is 1.12. The maximum absolute atomic E-state index is 5.64. The second-order valence-corrected chi connectivity index (χ2v) is 3.58. The predicted molar refractivity (Wildman–Crippen MR) is 57.2 cm³/mol. The van der Waals surface area contributed by atoms with Crippen LogP contribution in [0.1, 0.15) is 13.3 Å². The van der Waals surface area contributed by atoms with Gasteiger partial charge in [0, 0.05) is 30.5 Å². The number of halogens is 1. The number of nitrogens with zero attached hydrogens (tertiary/aromatic N) is 1. The van der Waals surface area contributed by atoms with Gasteiger partial charge in [-0.25, -0.2) is 0 Å². The van der Waals surface area contributed by atoms with Gasteiger partial charge in [0.2, 0.25) is 0 Å². The molecule has 72 valence electrons. The van der Waals surface area contributed by atoms with Gasteiger partial charge in [-0.1, -0.05) is 6.92 Å². The van der Waals surface area contributed by atoms with Crippen LogP contribution in [0.3, 0.4) is 0 Å². The van der Waals surface area contributed by atoms with Crippen molar-refractivity contribution in [3.63, 3.8) is 0 Å². The van der Waals surface area contributed by atoms with Crippen molar-refractivity contribution in [2.45, 2.75) is 13.3 Å². The Morgan fingerprint density at radius 2 is 2.15 bits per heavy atom. The van der Waals surface area contributed by atoms with E-state index < -0.39 is 0 Å². The third-order valence-corrected chi connectivity index (χ3v) is 2.16. The summed E-state index contributed by atoms with van der Waals surface area (Å²) in [6, 6.07) is 3.93. The second kappa shape index (κ2) is 5.81. The topological polar surface area (TPSA) is 24.9 Å². The Balaban J connectivity index is 2.27. The molecule has 0 aliphatic carbocycles. The summed E-state index contributed by atoms with van der Waals surface area (Å²) in [5.74, 6) is 1.35. The van der Waals surface area contributed by atoms with E-state index in [9.17, 15) is 0 Å². The van der Waals surface area contributed by atoms with Crippen LogP contribution >= 0.6 is 11.6 Å². The quantitative estimate of drug-likeness (QED) is 0.736. The molecular weight excluding hydrogens is 184 g/mol. The van der Waals surface area contributed by atoms with Gasteiger partial charge in [-0.15, -0.1) is 11.6 Å².